The highest BCUT2D eigenvalue weighted by Gasteiger charge is 2.20. The van der Waals surface area contributed by atoms with E-state index >= 15 is 0 Å². The fraction of sp³-hybridized carbons (Fsp3) is 0.118. The van der Waals surface area contributed by atoms with Crippen LogP contribution in [0.1, 0.15) is 15.9 Å². The SMILES string of the molecule is CN(C)c1ccc(C=NNC(=O)NNC(=O)c2cc([N+](=O)[O-])cc([N+](=O)[O-])c2)cc1. The van der Waals surface area contributed by atoms with Crippen molar-refractivity contribution in [1.29, 1.82) is 0 Å². The summed E-state index contributed by atoms with van der Waals surface area (Å²) < 4.78 is 0. The van der Waals surface area contributed by atoms with Crippen molar-refractivity contribution < 1.29 is 19.4 Å². The molecule has 30 heavy (non-hydrogen) atoms. The summed E-state index contributed by atoms with van der Waals surface area (Å²) in [7, 11) is 3.80. The molecule has 0 bridgehead atoms. The third-order valence-corrected chi connectivity index (χ3v) is 3.67. The zero-order chi connectivity index (χ0) is 22.3. The van der Waals surface area contributed by atoms with Crippen LogP contribution in [0.5, 0.6) is 0 Å². The maximum atomic E-state index is 12.0. The van der Waals surface area contributed by atoms with Crippen molar-refractivity contribution in [3.8, 4) is 0 Å². The first-order chi connectivity index (χ1) is 14.2. The topological polar surface area (TPSA) is 172 Å². The number of nitrogens with zero attached hydrogens (tertiary/aromatic N) is 4. The summed E-state index contributed by atoms with van der Waals surface area (Å²) >= 11 is 0. The number of non-ortho nitro benzene ring substituents is 2. The molecule has 0 saturated heterocycles. The molecule has 0 atom stereocenters. The number of nitro benzene ring substituents is 2. The molecule has 0 spiro atoms. The molecule has 0 fully saturated rings. The Labute approximate surface area is 169 Å². The fourth-order valence-electron chi connectivity index (χ4n) is 2.17. The molecule has 0 aliphatic heterocycles. The van der Waals surface area contributed by atoms with Crippen molar-refractivity contribution in [3.05, 3.63) is 73.8 Å². The number of hydrogen-bond donors (Lipinski definition) is 3. The third kappa shape index (κ3) is 5.98. The molecule has 2 rings (SSSR count). The Hall–Kier alpha value is -4.55. The van der Waals surface area contributed by atoms with Crippen LogP contribution < -0.4 is 21.2 Å². The number of amides is 3. The molecule has 0 radical (unpaired) electrons. The quantitative estimate of drug-likeness (QED) is 0.364. The van der Waals surface area contributed by atoms with Crippen LogP contribution in [0, 0.1) is 20.2 Å². The van der Waals surface area contributed by atoms with Gasteiger partial charge in [0.15, 0.2) is 0 Å². The Kier molecular flexibility index (Phi) is 6.95. The maximum absolute atomic E-state index is 12.0. The Morgan fingerprint density at radius 2 is 1.53 bits per heavy atom. The number of hydrazone groups is 1. The van der Waals surface area contributed by atoms with E-state index in [-0.39, 0.29) is 5.56 Å². The number of rotatable bonds is 6. The number of carbonyl (C=O) groups is 2. The first-order valence-electron chi connectivity index (χ1n) is 8.28. The summed E-state index contributed by atoms with van der Waals surface area (Å²) in [6, 6.07) is 8.81. The lowest BCUT2D eigenvalue weighted by Crippen LogP contribution is -2.45. The number of urea groups is 1. The summed E-state index contributed by atoms with van der Waals surface area (Å²) in [4.78, 5) is 45.6. The zero-order valence-corrected chi connectivity index (χ0v) is 15.9. The first kappa shape index (κ1) is 21.7. The van der Waals surface area contributed by atoms with Gasteiger partial charge in [-0.3, -0.25) is 30.4 Å². The number of anilines is 1. The normalized spacial score (nSPS) is 10.3. The molecule has 2 aromatic carbocycles. The molecule has 0 aromatic heterocycles. The summed E-state index contributed by atoms with van der Waals surface area (Å²) in [5.41, 5.74) is 6.12. The highest BCUT2D eigenvalue weighted by atomic mass is 16.6. The van der Waals surface area contributed by atoms with Crippen LogP contribution in [0.25, 0.3) is 0 Å². The molecule has 0 unspecified atom stereocenters. The van der Waals surface area contributed by atoms with Gasteiger partial charge in [0.05, 0.1) is 27.7 Å². The average molecular weight is 415 g/mol. The van der Waals surface area contributed by atoms with Crippen molar-refractivity contribution in [2.75, 3.05) is 19.0 Å². The van der Waals surface area contributed by atoms with Crippen LogP contribution in [0.2, 0.25) is 0 Å². The third-order valence-electron chi connectivity index (χ3n) is 3.67. The monoisotopic (exact) mass is 415 g/mol. The lowest BCUT2D eigenvalue weighted by atomic mass is 10.1. The van der Waals surface area contributed by atoms with E-state index in [1.807, 2.05) is 42.0 Å². The van der Waals surface area contributed by atoms with Crippen LogP contribution in [0.15, 0.2) is 47.6 Å². The summed E-state index contributed by atoms with van der Waals surface area (Å²) in [6.07, 6.45) is 1.38. The van der Waals surface area contributed by atoms with Gasteiger partial charge in [-0.15, -0.1) is 0 Å². The van der Waals surface area contributed by atoms with E-state index < -0.39 is 33.2 Å². The first-order valence-corrected chi connectivity index (χ1v) is 8.28. The van der Waals surface area contributed by atoms with Crippen molar-refractivity contribution in [3.63, 3.8) is 0 Å². The van der Waals surface area contributed by atoms with Crippen LogP contribution >= 0.6 is 0 Å². The van der Waals surface area contributed by atoms with Crippen LogP contribution in [0.3, 0.4) is 0 Å². The van der Waals surface area contributed by atoms with Gasteiger partial charge in [0.25, 0.3) is 17.3 Å². The van der Waals surface area contributed by atoms with Gasteiger partial charge in [-0.05, 0) is 17.7 Å². The van der Waals surface area contributed by atoms with E-state index in [9.17, 15) is 29.8 Å². The second-order valence-corrected chi connectivity index (χ2v) is 6.02. The van der Waals surface area contributed by atoms with Crippen molar-refractivity contribution in [1.82, 2.24) is 16.3 Å². The summed E-state index contributed by atoms with van der Waals surface area (Å²) in [5, 5.41) is 25.4. The molecule has 0 heterocycles. The number of hydrogen-bond acceptors (Lipinski definition) is 8. The lowest BCUT2D eigenvalue weighted by molar-refractivity contribution is -0.394. The van der Waals surface area contributed by atoms with E-state index in [0.717, 1.165) is 23.9 Å². The van der Waals surface area contributed by atoms with Gasteiger partial charge >= 0.3 is 6.03 Å². The predicted molar refractivity (Wildman–Crippen MR) is 107 cm³/mol. The minimum absolute atomic E-state index is 0.374. The van der Waals surface area contributed by atoms with Gasteiger partial charge < -0.3 is 4.90 Å². The molecule has 3 amide bonds. The van der Waals surface area contributed by atoms with Gasteiger partial charge in [0.1, 0.15) is 0 Å². The molecule has 156 valence electrons. The number of benzene rings is 2. The van der Waals surface area contributed by atoms with Crippen LogP contribution in [-0.4, -0.2) is 42.1 Å². The molecule has 13 heteroatoms. The minimum Gasteiger partial charge on any atom is -0.378 e. The van der Waals surface area contributed by atoms with Gasteiger partial charge in [-0.1, -0.05) is 12.1 Å². The van der Waals surface area contributed by atoms with Gasteiger partial charge in [0.2, 0.25) is 0 Å². The predicted octanol–water partition coefficient (Wildman–Crippen LogP) is 1.55. The Morgan fingerprint density at radius 3 is 2.03 bits per heavy atom. The fourth-order valence-corrected chi connectivity index (χ4v) is 2.17. The zero-order valence-electron chi connectivity index (χ0n) is 15.9. The van der Waals surface area contributed by atoms with Gasteiger partial charge in [-0.2, -0.15) is 5.10 Å². The molecule has 0 aliphatic carbocycles. The average Bonchev–Trinajstić information content (AvgIpc) is 2.71. The van der Waals surface area contributed by atoms with E-state index in [1.54, 1.807) is 12.1 Å². The van der Waals surface area contributed by atoms with Crippen molar-refractivity contribution in [2.45, 2.75) is 0 Å². The number of nitro groups is 2. The number of hydrazine groups is 1. The Morgan fingerprint density at radius 1 is 0.967 bits per heavy atom. The molecule has 0 saturated carbocycles. The van der Waals surface area contributed by atoms with E-state index in [0.29, 0.717) is 5.56 Å². The van der Waals surface area contributed by atoms with Crippen molar-refractivity contribution in [2.24, 2.45) is 5.10 Å². The minimum atomic E-state index is -0.986. The van der Waals surface area contributed by atoms with E-state index in [1.165, 1.54) is 6.21 Å². The molecular formula is C17H17N7O6. The van der Waals surface area contributed by atoms with E-state index in [2.05, 4.69) is 10.5 Å². The smallest absolute Gasteiger partial charge is 0.353 e. The molecule has 3 N–H and O–H groups in total. The summed E-state index contributed by atoms with van der Waals surface area (Å²) in [5.74, 6) is -0.986. The molecule has 2 aromatic rings. The standard InChI is InChI=1S/C17H17N7O6/c1-22(2)13-5-3-11(4-6-13)10-18-20-17(26)21-19-16(25)12-7-14(23(27)28)9-15(8-12)24(29)30/h3-10H,1-2H3,(H,19,25)(H2,20,21,26). The second kappa shape index (κ2) is 9.59. The highest BCUT2D eigenvalue weighted by Crippen LogP contribution is 2.22. The largest absolute Gasteiger partial charge is 0.378 e. The van der Waals surface area contributed by atoms with Gasteiger partial charge in [-0.25, -0.2) is 15.6 Å². The van der Waals surface area contributed by atoms with Crippen LogP contribution in [0.4, 0.5) is 21.9 Å². The lowest BCUT2D eigenvalue weighted by Gasteiger charge is -2.11. The highest BCUT2D eigenvalue weighted by molar-refractivity contribution is 5.96. The maximum Gasteiger partial charge on any atom is 0.353 e. The number of nitrogens with one attached hydrogen (secondary N) is 3. The van der Waals surface area contributed by atoms with E-state index in [4.69, 9.17) is 0 Å². The Balaban J connectivity index is 1.93. The van der Waals surface area contributed by atoms with Gasteiger partial charge in [0, 0.05) is 31.9 Å². The molecule has 13 nitrogen and oxygen atoms in total. The number of carbonyl (C=O) groups excluding carboxylic acids is 2. The van der Waals surface area contributed by atoms with Crippen molar-refractivity contribution >= 4 is 35.2 Å². The van der Waals surface area contributed by atoms with Crippen LogP contribution in [-0.2, 0) is 0 Å². The molecular weight excluding hydrogens is 398 g/mol. The molecule has 0 aliphatic rings. The Bertz CT molecular complexity index is 972. The second-order valence-electron chi connectivity index (χ2n) is 6.02. The summed E-state index contributed by atoms with van der Waals surface area (Å²) in [6.45, 7) is 0.